The minimum absolute atomic E-state index is 0.106. The molecule has 12 nitrogen and oxygen atoms in total. The zero-order valence-electron chi connectivity index (χ0n) is 17.8. The Balaban J connectivity index is 1.47. The maximum atomic E-state index is 12.8. The number of urea groups is 1. The number of carbonyl (C=O) groups excluding carboxylic acids is 4. The normalized spacial score (nSPS) is 22.8. The summed E-state index contributed by atoms with van der Waals surface area (Å²) >= 11 is 1.21. The van der Waals surface area contributed by atoms with Gasteiger partial charge in [-0.25, -0.2) is 9.59 Å². The van der Waals surface area contributed by atoms with Crippen LogP contribution in [0.4, 0.5) is 4.79 Å². The Kier molecular flexibility index (Phi) is 7.03. The Morgan fingerprint density at radius 3 is 2.56 bits per heavy atom. The maximum absolute atomic E-state index is 12.8. The molecule has 2 fully saturated rings. The average Bonchev–Trinajstić information content (AvgIpc) is 2.86. The summed E-state index contributed by atoms with van der Waals surface area (Å²) in [4.78, 5) is 63.6. The SMILES string of the molecule is O=COC(C(=O)NC1C(=O)N2C(C(=O)O)=C(NC(=O)N3CCOCC3)CS[C@H]12)c1ccccc1. The van der Waals surface area contributed by atoms with Crippen LogP contribution in [0.5, 0.6) is 0 Å². The van der Waals surface area contributed by atoms with Crippen LogP contribution in [0.25, 0.3) is 0 Å². The molecule has 3 aliphatic rings. The van der Waals surface area contributed by atoms with E-state index in [1.54, 1.807) is 30.3 Å². The van der Waals surface area contributed by atoms with Crippen LogP contribution >= 0.6 is 11.8 Å². The highest BCUT2D eigenvalue weighted by Crippen LogP contribution is 2.40. The van der Waals surface area contributed by atoms with E-state index in [4.69, 9.17) is 9.47 Å². The number of hydrogen-bond acceptors (Lipinski definition) is 8. The molecule has 1 aromatic carbocycles. The number of fused-ring (bicyclic) bond motifs is 1. The van der Waals surface area contributed by atoms with Gasteiger partial charge in [-0.2, -0.15) is 0 Å². The van der Waals surface area contributed by atoms with Crippen molar-refractivity contribution in [1.29, 1.82) is 0 Å². The van der Waals surface area contributed by atoms with Gasteiger partial charge < -0.3 is 30.1 Å². The number of carboxylic acids is 1. The van der Waals surface area contributed by atoms with E-state index >= 15 is 0 Å². The smallest absolute Gasteiger partial charge is 0.354 e. The first kappa shape index (κ1) is 23.6. The van der Waals surface area contributed by atoms with Gasteiger partial charge in [0.15, 0.2) is 5.70 Å². The number of hydrogen-bond donors (Lipinski definition) is 3. The summed E-state index contributed by atoms with van der Waals surface area (Å²) in [5.41, 5.74) is 0.200. The van der Waals surface area contributed by atoms with Crippen molar-refractivity contribution in [1.82, 2.24) is 20.4 Å². The first-order chi connectivity index (χ1) is 16.4. The lowest BCUT2D eigenvalue weighted by atomic mass is 10.0. The van der Waals surface area contributed by atoms with Crippen molar-refractivity contribution in [2.24, 2.45) is 0 Å². The van der Waals surface area contributed by atoms with Crippen LogP contribution in [0.3, 0.4) is 0 Å². The fourth-order valence-corrected chi connectivity index (χ4v) is 5.18. The van der Waals surface area contributed by atoms with Gasteiger partial charge in [-0.3, -0.25) is 19.3 Å². The minimum Gasteiger partial charge on any atom is -0.477 e. The van der Waals surface area contributed by atoms with Crippen molar-refractivity contribution in [2.45, 2.75) is 17.5 Å². The molecule has 1 aromatic rings. The second-order valence-electron chi connectivity index (χ2n) is 7.58. The third kappa shape index (κ3) is 4.56. The Labute approximate surface area is 198 Å². The summed E-state index contributed by atoms with van der Waals surface area (Å²) in [6.07, 6.45) is -1.26. The molecule has 0 saturated carbocycles. The lowest BCUT2D eigenvalue weighted by molar-refractivity contribution is -0.154. The number of benzene rings is 1. The molecular formula is C21H22N4O8S. The van der Waals surface area contributed by atoms with Crippen LogP contribution in [0.15, 0.2) is 41.7 Å². The first-order valence-corrected chi connectivity index (χ1v) is 11.5. The van der Waals surface area contributed by atoms with Crippen molar-refractivity contribution in [3.8, 4) is 0 Å². The fourth-order valence-electron chi connectivity index (χ4n) is 3.89. The molecule has 180 valence electrons. The second kappa shape index (κ2) is 10.1. The molecule has 4 amide bonds. The molecule has 2 saturated heterocycles. The Bertz CT molecular complexity index is 1030. The number of ether oxygens (including phenoxy) is 2. The number of morpholine rings is 1. The summed E-state index contributed by atoms with van der Waals surface area (Å²) in [6.45, 7) is 1.67. The average molecular weight is 490 g/mol. The molecule has 3 aliphatic heterocycles. The largest absolute Gasteiger partial charge is 0.477 e. The standard InChI is InChI=1S/C21H22N4O8S/c26-11-33-16(12-4-2-1-3-5-12)17(27)23-14-18(28)25-15(20(29)30)13(10-34-19(14)25)22-21(31)24-6-8-32-9-7-24/h1-5,11,14,16,19H,6-10H2,(H,22,31)(H,23,27)(H,29,30)/t14?,16?,19-/m1/s1. The van der Waals surface area contributed by atoms with E-state index in [9.17, 15) is 29.1 Å². The zero-order chi connectivity index (χ0) is 24.2. The van der Waals surface area contributed by atoms with E-state index in [0.29, 0.717) is 31.9 Å². The summed E-state index contributed by atoms with van der Waals surface area (Å²) in [5.74, 6) is -2.60. The van der Waals surface area contributed by atoms with Crippen molar-refractivity contribution in [3.05, 3.63) is 47.3 Å². The lowest BCUT2D eigenvalue weighted by Gasteiger charge is -2.49. The number of amides is 4. The van der Waals surface area contributed by atoms with E-state index < -0.39 is 41.3 Å². The second-order valence-corrected chi connectivity index (χ2v) is 8.69. The number of nitrogens with zero attached hydrogens (tertiary/aromatic N) is 2. The third-order valence-electron chi connectivity index (χ3n) is 5.56. The Morgan fingerprint density at radius 2 is 1.91 bits per heavy atom. The van der Waals surface area contributed by atoms with Gasteiger partial charge in [0, 0.05) is 24.4 Å². The molecule has 3 heterocycles. The highest BCUT2D eigenvalue weighted by atomic mass is 32.2. The third-order valence-corrected chi connectivity index (χ3v) is 6.84. The molecule has 4 rings (SSSR count). The zero-order valence-corrected chi connectivity index (χ0v) is 18.7. The van der Waals surface area contributed by atoms with Gasteiger partial charge in [0.05, 0.1) is 18.9 Å². The molecule has 0 bridgehead atoms. The minimum atomic E-state index is -1.37. The van der Waals surface area contributed by atoms with Crippen molar-refractivity contribution < 1.29 is 38.6 Å². The van der Waals surface area contributed by atoms with E-state index in [1.165, 1.54) is 16.7 Å². The fraction of sp³-hybridized carbons (Fsp3) is 0.381. The summed E-state index contributed by atoms with van der Waals surface area (Å²) in [6, 6.07) is 6.82. The lowest BCUT2D eigenvalue weighted by Crippen LogP contribution is -2.71. The van der Waals surface area contributed by atoms with Gasteiger partial charge in [-0.15, -0.1) is 11.8 Å². The van der Waals surface area contributed by atoms with Gasteiger partial charge in [0.1, 0.15) is 11.4 Å². The number of aliphatic carboxylic acids is 1. The van der Waals surface area contributed by atoms with Gasteiger partial charge in [0.25, 0.3) is 18.3 Å². The molecule has 0 aromatic heterocycles. The van der Waals surface area contributed by atoms with E-state index in [1.807, 2.05) is 0 Å². The summed E-state index contributed by atoms with van der Waals surface area (Å²) in [5, 5.41) is 14.2. The molecule has 0 spiro atoms. The molecule has 3 N–H and O–H groups in total. The van der Waals surface area contributed by atoms with Crippen LogP contribution < -0.4 is 10.6 Å². The van der Waals surface area contributed by atoms with Gasteiger partial charge in [-0.05, 0) is 0 Å². The highest BCUT2D eigenvalue weighted by molar-refractivity contribution is 8.00. The summed E-state index contributed by atoms with van der Waals surface area (Å²) in [7, 11) is 0. The van der Waals surface area contributed by atoms with Crippen LogP contribution in [0.1, 0.15) is 11.7 Å². The first-order valence-electron chi connectivity index (χ1n) is 10.4. The van der Waals surface area contributed by atoms with Gasteiger partial charge >= 0.3 is 12.0 Å². The van der Waals surface area contributed by atoms with Crippen molar-refractivity contribution in [3.63, 3.8) is 0 Å². The van der Waals surface area contributed by atoms with E-state index in [0.717, 1.165) is 4.90 Å². The van der Waals surface area contributed by atoms with E-state index in [2.05, 4.69) is 10.6 Å². The summed E-state index contributed by atoms with van der Waals surface area (Å²) < 4.78 is 10.1. The predicted molar refractivity (Wildman–Crippen MR) is 117 cm³/mol. The van der Waals surface area contributed by atoms with Crippen LogP contribution in [-0.4, -0.2) is 88.7 Å². The predicted octanol–water partition coefficient (Wildman–Crippen LogP) is -0.361. The highest BCUT2D eigenvalue weighted by Gasteiger charge is 2.55. The topological polar surface area (TPSA) is 155 Å². The molecule has 0 radical (unpaired) electrons. The van der Waals surface area contributed by atoms with Gasteiger partial charge in [-0.1, -0.05) is 30.3 Å². The Hall–Kier alpha value is -3.58. The number of nitrogens with one attached hydrogen (secondary N) is 2. The van der Waals surface area contributed by atoms with Crippen molar-refractivity contribution in [2.75, 3.05) is 32.1 Å². The number of carboxylic acid groups (broad SMARTS) is 1. The number of rotatable bonds is 7. The molecule has 13 heteroatoms. The maximum Gasteiger partial charge on any atom is 0.354 e. The van der Waals surface area contributed by atoms with Gasteiger partial charge in [0.2, 0.25) is 6.10 Å². The molecule has 3 atom stereocenters. The molecular weight excluding hydrogens is 468 g/mol. The van der Waals surface area contributed by atoms with Crippen LogP contribution in [-0.2, 0) is 28.7 Å². The molecule has 2 unspecified atom stereocenters. The van der Waals surface area contributed by atoms with E-state index in [-0.39, 0.29) is 23.6 Å². The Morgan fingerprint density at radius 1 is 1.21 bits per heavy atom. The molecule has 34 heavy (non-hydrogen) atoms. The van der Waals surface area contributed by atoms with Crippen LogP contribution in [0, 0.1) is 0 Å². The quantitative estimate of drug-likeness (QED) is 0.343. The monoisotopic (exact) mass is 490 g/mol. The van der Waals surface area contributed by atoms with Crippen molar-refractivity contribution >= 4 is 42.0 Å². The van der Waals surface area contributed by atoms with Crippen LogP contribution in [0.2, 0.25) is 0 Å². The molecule has 0 aliphatic carbocycles. The number of β-lactam (4-membered cyclic amide) rings is 1. The number of thioether (sulfide) groups is 1. The number of carbonyl (C=O) groups is 5.